The van der Waals surface area contributed by atoms with Crippen LogP contribution in [0.3, 0.4) is 0 Å². The highest BCUT2D eigenvalue weighted by Gasteiger charge is 2.31. The molecule has 1 aromatic rings. The first-order chi connectivity index (χ1) is 9.16. The van der Waals surface area contributed by atoms with Crippen LogP contribution in [0.25, 0.3) is 0 Å². The maximum atomic E-state index is 13.7. The number of benzene rings is 1. The number of hydrogen-bond acceptors (Lipinski definition) is 3. The van der Waals surface area contributed by atoms with Crippen LogP contribution in [-0.2, 0) is 15.7 Å². The van der Waals surface area contributed by atoms with E-state index in [2.05, 4.69) is 10.1 Å². The van der Waals surface area contributed by atoms with Crippen LogP contribution in [-0.4, -0.2) is 19.1 Å². The molecule has 0 spiro atoms. The Morgan fingerprint density at radius 2 is 1.90 bits per heavy atom. The van der Waals surface area contributed by atoms with Crippen molar-refractivity contribution >= 4 is 11.7 Å². The van der Waals surface area contributed by atoms with Gasteiger partial charge in [-0.3, -0.25) is 0 Å². The molecular formula is C13H15F4NO2. The number of hydrogen-bond donors (Lipinski definition) is 1. The Labute approximate surface area is 113 Å². The number of alkyl halides is 3. The molecule has 1 rings (SSSR count). The number of ether oxygens (including phenoxy) is 1. The fraction of sp³-hybridized carbons (Fsp3) is 0.462. The van der Waals surface area contributed by atoms with Gasteiger partial charge >= 0.3 is 12.1 Å². The topological polar surface area (TPSA) is 38.3 Å². The van der Waals surface area contributed by atoms with E-state index in [1.54, 1.807) is 13.8 Å². The first-order valence-corrected chi connectivity index (χ1v) is 5.88. The van der Waals surface area contributed by atoms with Gasteiger partial charge in [0.2, 0.25) is 0 Å². The lowest BCUT2D eigenvalue weighted by molar-refractivity contribution is -0.142. The number of carbonyl (C=O) groups excluding carboxylic acids is 1. The predicted molar refractivity (Wildman–Crippen MR) is 65.7 cm³/mol. The second kappa shape index (κ2) is 6.11. The van der Waals surface area contributed by atoms with Crippen molar-refractivity contribution < 1.29 is 27.1 Å². The fourth-order valence-electron chi connectivity index (χ4n) is 1.60. The van der Waals surface area contributed by atoms with E-state index < -0.39 is 29.6 Å². The average Bonchev–Trinajstić information content (AvgIpc) is 2.34. The molecule has 0 fully saturated rings. The van der Waals surface area contributed by atoms with E-state index in [0.717, 1.165) is 12.1 Å². The average molecular weight is 293 g/mol. The molecule has 0 aliphatic rings. The van der Waals surface area contributed by atoms with Crippen molar-refractivity contribution in [1.29, 1.82) is 0 Å². The molecule has 20 heavy (non-hydrogen) atoms. The lowest BCUT2D eigenvalue weighted by Crippen LogP contribution is -2.35. The Bertz CT molecular complexity index is 486. The molecule has 0 radical (unpaired) electrons. The van der Waals surface area contributed by atoms with E-state index in [0.29, 0.717) is 6.07 Å². The lowest BCUT2D eigenvalue weighted by atomic mass is 10.0. The molecule has 1 aromatic carbocycles. The molecule has 1 N–H and O–H groups in total. The van der Waals surface area contributed by atoms with E-state index in [9.17, 15) is 22.4 Å². The van der Waals surface area contributed by atoms with Crippen molar-refractivity contribution in [3.05, 3.63) is 29.6 Å². The van der Waals surface area contributed by atoms with Gasteiger partial charge in [0.15, 0.2) is 0 Å². The minimum Gasteiger partial charge on any atom is -0.467 e. The molecule has 0 amide bonds. The summed E-state index contributed by atoms with van der Waals surface area (Å²) >= 11 is 0. The second-order valence-corrected chi connectivity index (χ2v) is 4.58. The van der Waals surface area contributed by atoms with Crippen molar-refractivity contribution in [2.45, 2.75) is 26.1 Å². The summed E-state index contributed by atoms with van der Waals surface area (Å²) in [6.07, 6.45) is -4.61. The van der Waals surface area contributed by atoms with E-state index in [4.69, 9.17) is 0 Å². The second-order valence-electron chi connectivity index (χ2n) is 4.58. The molecule has 0 saturated carbocycles. The van der Waals surface area contributed by atoms with Gasteiger partial charge in [-0.25, -0.2) is 9.18 Å². The monoisotopic (exact) mass is 293 g/mol. The Morgan fingerprint density at radius 3 is 2.30 bits per heavy atom. The molecule has 0 aliphatic carbocycles. The minimum absolute atomic E-state index is 0.179. The molecule has 0 heterocycles. The first-order valence-electron chi connectivity index (χ1n) is 5.88. The quantitative estimate of drug-likeness (QED) is 0.682. The third-order valence-corrected chi connectivity index (χ3v) is 2.73. The van der Waals surface area contributed by atoms with Crippen molar-refractivity contribution in [1.82, 2.24) is 0 Å². The third-order valence-electron chi connectivity index (χ3n) is 2.73. The zero-order chi connectivity index (χ0) is 15.5. The lowest BCUT2D eigenvalue weighted by Gasteiger charge is -2.21. The van der Waals surface area contributed by atoms with E-state index >= 15 is 0 Å². The maximum absolute atomic E-state index is 13.7. The third kappa shape index (κ3) is 3.85. The number of nitrogens with one attached hydrogen (secondary N) is 1. The summed E-state index contributed by atoms with van der Waals surface area (Å²) in [6, 6.07) is 1.25. The number of methoxy groups -OCH3 is 1. The number of halogens is 4. The van der Waals surface area contributed by atoms with Gasteiger partial charge < -0.3 is 10.1 Å². The van der Waals surface area contributed by atoms with Gasteiger partial charge in [-0.05, 0) is 24.1 Å². The van der Waals surface area contributed by atoms with Crippen LogP contribution in [0, 0.1) is 11.7 Å². The Balaban J connectivity index is 3.00. The highest BCUT2D eigenvalue weighted by Crippen LogP contribution is 2.31. The smallest absolute Gasteiger partial charge is 0.416 e. The molecule has 0 bridgehead atoms. The summed E-state index contributed by atoms with van der Waals surface area (Å²) in [5.74, 6) is -1.90. The molecule has 0 saturated heterocycles. The predicted octanol–water partition coefficient (Wildman–Crippen LogP) is 3.45. The van der Waals surface area contributed by atoms with E-state index in [-0.39, 0.29) is 11.6 Å². The molecule has 1 unspecified atom stereocenters. The van der Waals surface area contributed by atoms with Crippen LogP contribution in [0.1, 0.15) is 19.4 Å². The van der Waals surface area contributed by atoms with Crippen LogP contribution >= 0.6 is 0 Å². The maximum Gasteiger partial charge on any atom is 0.416 e. The van der Waals surface area contributed by atoms with Crippen LogP contribution in [0.2, 0.25) is 0 Å². The number of carbonyl (C=O) groups is 1. The molecule has 3 nitrogen and oxygen atoms in total. The minimum atomic E-state index is -4.61. The standard InChI is InChI=1S/C13H15F4NO2/c1-7(2)11(12(19)20-3)18-10-5-4-8(6-9(10)14)13(15,16)17/h4-7,11,18H,1-3H3. The molecular weight excluding hydrogens is 278 g/mol. The Morgan fingerprint density at radius 1 is 1.30 bits per heavy atom. The number of esters is 1. The van der Waals surface area contributed by atoms with Crippen LogP contribution in [0.5, 0.6) is 0 Å². The normalized spacial score (nSPS) is 13.2. The summed E-state index contributed by atoms with van der Waals surface area (Å²) in [5.41, 5.74) is -1.26. The van der Waals surface area contributed by atoms with Crippen LogP contribution < -0.4 is 5.32 Å². The molecule has 1 atom stereocenters. The largest absolute Gasteiger partial charge is 0.467 e. The number of rotatable bonds is 4. The first kappa shape index (κ1) is 16.3. The summed E-state index contributed by atoms with van der Waals surface area (Å²) in [6.45, 7) is 3.41. The van der Waals surface area contributed by atoms with Crippen molar-refractivity contribution in [3.8, 4) is 0 Å². The van der Waals surface area contributed by atoms with Crippen LogP contribution in [0.15, 0.2) is 18.2 Å². The zero-order valence-electron chi connectivity index (χ0n) is 11.2. The zero-order valence-corrected chi connectivity index (χ0v) is 11.2. The van der Waals surface area contributed by atoms with Gasteiger partial charge in [-0.2, -0.15) is 13.2 Å². The van der Waals surface area contributed by atoms with Crippen molar-refractivity contribution in [2.75, 3.05) is 12.4 Å². The summed E-state index contributed by atoms with van der Waals surface area (Å²) in [7, 11) is 1.18. The summed E-state index contributed by atoms with van der Waals surface area (Å²) in [4.78, 5) is 11.5. The molecule has 0 aromatic heterocycles. The van der Waals surface area contributed by atoms with Gasteiger partial charge in [0, 0.05) is 0 Å². The van der Waals surface area contributed by atoms with Gasteiger partial charge in [0.05, 0.1) is 18.4 Å². The van der Waals surface area contributed by atoms with E-state index in [1.165, 1.54) is 7.11 Å². The highest BCUT2D eigenvalue weighted by atomic mass is 19.4. The highest BCUT2D eigenvalue weighted by molar-refractivity contribution is 5.79. The SMILES string of the molecule is COC(=O)C(Nc1ccc(C(F)(F)F)cc1F)C(C)C. The van der Waals surface area contributed by atoms with Crippen molar-refractivity contribution in [2.24, 2.45) is 5.92 Å². The summed E-state index contributed by atoms with van der Waals surface area (Å²) in [5, 5.41) is 2.56. The van der Waals surface area contributed by atoms with Gasteiger partial charge in [0.25, 0.3) is 0 Å². The van der Waals surface area contributed by atoms with Crippen LogP contribution in [0.4, 0.5) is 23.2 Å². The number of anilines is 1. The van der Waals surface area contributed by atoms with Crippen molar-refractivity contribution in [3.63, 3.8) is 0 Å². The van der Waals surface area contributed by atoms with E-state index in [1.807, 2.05) is 0 Å². The molecule has 7 heteroatoms. The molecule has 112 valence electrons. The molecule has 0 aliphatic heterocycles. The Hall–Kier alpha value is -1.79. The van der Waals surface area contributed by atoms with Gasteiger partial charge in [-0.15, -0.1) is 0 Å². The van der Waals surface area contributed by atoms with Gasteiger partial charge in [0.1, 0.15) is 11.9 Å². The summed E-state index contributed by atoms with van der Waals surface area (Å²) < 4.78 is 55.5. The fourth-order valence-corrected chi connectivity index (χ4v) is 1.60. The van der Waals surface area contributed by atoms with Gasteiger partial charge in [-0.1, -0.05) is 13.8 Å². The Kier molecular flexibility index (Phi) is 4.97.